The van der Waals surface area contributed by atoms with Crippen LogP contribution in [0, 0.1) is 0 Å². The van der Waals surface area contributed by atoms with Gasteiger partial charge in [0.1, 0.15) is 18.2 Å². The van der Waals surface area contributed by atoms with Crippen LogP contribution in [0.15, 0.2) is 91.3 Å². The monoisotopic (exact) mass is 464 g/mol. The van der Waals surface area contributed by atoms with Gasteiger partial charge in [0.05, 0.1) is 0 Å². The summed E-state index contributed by atoms with van der Waals surface area (Å²) in [5.41, 5.74) is 4.50. The van der Waals surface area contributed by atoms with Crippen LogP contribution in [-0.2, 0) is 0 Å². The second kappa shape index (κ2) is 9.27. The van der Waals surface area contributed by atoms with Crippen molar-refractivity contribution in [2.24, 2.45) is 0 Å². The summed E-state index contributed by atoms with van der Waals surface area (Å²) >= 11 is 0. The summed E-state index contributed by atoms with van der Waals surface area (Å²) in [4.78, 5) is 20.1. The molecule has 4 aromatic rings. The second-order valence-corrected chi connectivity index (χ2v) is 8.99. The Bertz CT molecular complexity index is 1290. The van der Waals surface area contributed by atoms with E-state index < -0.39 is 0 Å². The Balaban J connectivity index is 1.23. The van der Waals surface area contributed by atoms with Gasteiger partial charge in [0, 0.05) is 49.2 Å². The number of aromatic nitrogens is 2. The molecule has 6 rings (SSSR count). The summed E-state index contributed by atoms with van der Waals surface area (Å²) in [5.74, 6) is 2.25. The van der Waals surface area contributed by atoms with Crippen LogP contribution in [0.5, 0.6) is 5.75 Å². The second-order valence-electron chi connectivity index (χ2n) is 8.99. The Labute approximate surface area is 205 Å². The molecule has 2 aliphatic rings. The predicted molar refractivity (Wildman–Crippen MR) is 139 cm³/mol. The fourth-order valence-electron chi connectivity index (χ4n) is 4.71. The lowest BCUT2D eigenvalue weighted by atomic mass is 9.98. The molecular weight excluding hydrogens is 436 g/mol. The Morgan fingerprint density at radius 1 is 0.829 bits per heavy atom. The average molecular weight is 465 g/mol. The third-order valence-corrected chi connectivity index (χ3v) is 6.65. The van der Waals surface area contributed by atoms with Crippen molar-refractivity contribution in [2.75, 3.05) is 48.5 Å². The highest BCUT2D eigenvalue weighted by molar-refractivity contribution is 5.64. The van der Waals surface area contributed by atoms with Crippen LogP contribution < -0.4 is 20.1 Å². The van der Waals surface area contributed by atoms with E-state index in [9.17, 15) is 0 Å². The molecule has 1 fully saturated rings. The van der Waals surface area contributed by atoms with Gasteiger partial charge in [-0.25, -0.2) is 9.97 Å². The molecule has 1 N–H and O–H groups in total. The molecule has 1 atom stereocenters. The largest absolute Gasteiger partial charge is 0.377 e. The van der Waals surface area contributed by atoms with Crippen LogP contribution in [-0.4, -0.2) is 48.1 Å². The maximum Gasteiger partial charge on any atom is 0.169 e. The van der Waals surface area contributed by atoms with E-state index >= 15 is 0 Å². The van der Waals surface area contributed by atoms with Gasteiger partial charge in [-0.05, 0) is 42.9 Å². The summed E-state index contributed by atoms with van der Waals surface area (Å²) in [5, 5.41) is 5.29. The lowest BCUT2D eigenvalue weighted by molar-refractivity contribution is 0.290. The number of nitrogens with zero attached hydrogens (tertiary/aromatic N) is 5. The van der Waals surface area contributed by atoms with Gasteiger partial charge in [0.25, 0.3) is 0 Å². The van der Waals surface area contributed by atoms with Crippen LogP contribution in [0.3, 0.4) is 0 Å². The number of likely N-dealkylation sites (N-methyl/N-ethyl adjacent to an activating group) is 1. The molecule has 3 heterocycles. The molecule has 1 unspecified atom stereocenters. The Kier molecular flexibility index (Phi) is 5.68. The van der Waals surface area contributed by atoms with E-state index in [0.29, 0.717) is 11.6 Å². The first-order chi connectivity index (χ1) is 17.2. The van der Waals surface area contributed by atoms with E-state index in [1.54, 1.807) is 6.33 Å². The summed E-state index contributed by atoms with van der Waals surface area (Å²) in [7, 11) is 2.17. The molecule has 3 aromatic carbocycles. The highest BCUT2D eigenvalue weighted by atomic mass is 16.7. The number of nitrogens with one attached hydrogen (secondary N) is 1. The van der Waals surface area contributed by atoms with Crippen LogP contribution >= 0.6 is 0 Å². The van der Waals surface area contributed by atoms with Crippen LogP contribution in [0.1, 0.15) is 17.2 Å². The van der Waals surface area contributed by atoms with Crippen molar-refractivity contribution in [2.45, 2.75) is 6.04 Å². The minimum Gasteiger partial charge on any atom is -0.377 e. The van der Waals surface area contributed by atoms with E-state index in [-0.39, 0.29) is 6.04 Å². The minimum absolute atomic E-state index is 0.0852. The van der Waals surface area contributed by atoms with Crippen LogP contribution in [0.25, 0.3) is 0 Å². The molecule has 7 heteroatoms. The van der Waals surface area contributed by atoms with E-state index in [1.807, 2.05) is 47.5 Å². The van der Waals surface area contributed by atoms with E-state index in [4.69, 9.17) is 4.84 Å². The van der Waals surface area contributed by atoms with Gasteiger partial charge in [0.15, 0.2) is 11.6 Å². The molecule has 0 saturated carbocycles. The van der Waals surface area contributed by atoms with Crippen LogP contribution in [0.2, 0.25) is 0 Å². The summed E-state index contributed by atoms with van der Waals surface area (Å²) < 4.78 is 0. The predicted octanol–water partition coefficient (Wildman–Crippen LogP) is 4.88. The van der Waals surface area contributed by atoms with Crippen molar-refractivity contribution in [1.29, 1.82) is 0 Å². The average Bonchev–Trinajstić information content (AvgIpc) is 3.30. The Morgan fingerprint density at radius 3 is 2.37 bits per heavy atom. The molecule has 1 saturated heterocycles. The first kappa shape index (κ1) is 21.4. The van der Waals surface area contributed by atoms with Crippen molar-refractivity contribution < 1.29 is 4.84 Å². The molecule has 35 heavy (non-hydrogen) atoms. The molecule has 0 aliphatic carbocycles. The highest BCUT2D eigenvalue weighted by Crippen LogP contribution is 2.43. The molecule has 0 bridgehead atoms. The SMILES string of the molecule is CN1CCN(c2ccc(Nc3cc(N4Oc5ccccc5C4c4ccccc4)ncn3)cc2)CC1. The molecule has 1 aromatic heterocycles. The third-order valence-electron chi connectivity index (χ3n) is 6.65. The molecular formula is C28H28N6O. The van der Waals surface area contributed by atoms with Gasteiger partial charge >= 0.3 is 0 Å². The summed E-state index contributed by atoms with van der Waals surface area (Å²) in [6, 6.07) is 28.9. The fourth-order valence-corrected chi connectivity index (χ4v) is 4.71. The van der Waals surface area contributed by atoms with Gasteiger partial charge in [-0.15, -0.1) is 0 Å². The Morgan fingerprint density at radius 2 is 1.57 bits per heavy atom. The smallest absolute Gasteiger partial charge is 0.169 e. The number of hydrogen-bond donors (Lipinski definition) is 1. The number of para-hydroxylation sites is 1. The zero-order chi connectivity index (χ0) is 23.6. The van der Waals surface area contributed by atoms with Gasteiger partial charge in [0.2, 0.25) is 0 Å². The molecule has 0 spiro atoms. The van der Waals surface area contributed by atoms with E-state index in [0.717, 1.165) is 48.7 Å². The number of rotatable bonds is 5. The van der Waals surface area contributed by atoms with E-state index in [1.165, 1.54) is 5.69 Å². The van der Waals surface area contributed by atoms with Crippen molar-refractivity contribution in [3.05, 3.63) is 102 Å². The maximum atomic E-state index is 6.26. The maximum absolute atomic E-state index is 6.26. The topological polar surface area (TPSA) is 56.8 Å². The normalized spacial score (nSPS) is 17.7. The first-order valence-corrected chi connectivity index (χ1v) is 12.0. The lowest BCUT2D eigenvalue weighted by Crippen LogP contribution is -2.44. The van der Waals surface area contributed by atoms with Gasteiger partial charge in [-0.3, -0.25) is 0 Å². The van der Waals surface area contributed by atoms with Crippen molar-refractivity contribution in [1.82, 2.24) is 14.9 Å². The van der Waals surface area contributed by atoms with E-state index in [2.05, 4.69) is 74.6 Å². The molecule has 0 amide bonds. The number of benzene rings is 3. The number of hydrogen-bond acceptors (Lipinski definition) is 7. The lowest BCUT2D eigenvalue weighted by Gasteiger charge is -2.34. The summed E-state index contributed by atoms with van der Waals surface area (Å²) in [6.45, 7) is 4.30. The number of hydroxylamine groups is 1. The standard InChI is InChI=1S/C28H28N6O/c1-32-15-17-33(18-16-32)23-13-11-22(12-14-23)31-26-19-27(30-20-29-26)34-28(21-7-3-2-4-8-21)24-9-5-6-10-25(24)35-34/h2-14,19-20,28H,15-18H2,1H3,(H,29,30,31). The Hall–Kier alpha value is -4.10. The number of fused-ring (bicyclic) bond motifs is 1. The van der Waals surface area contributed by atoms with Gasteiger partial charge in [-0.2, -0.15) is 5.06 Å². The van der Waals surface area contributed by atoms with Gasteiger partial charge in [-0.1, -0.05) is 48.5 Å². The number of piperazine rings is 1. The molecule has 0 radical (unpaired) electrons. The molecule has 2 aliphatic heterocycles. The minimum atomic E-state index is -0.0852. The summed E-state index contributed by atoms with van der Waals surface area (Å²) in [6.07, 6.45) is 1.57. The van der Waals surface area contributed by atoms with Crippen molar-refractivity contribution >= 4 is 23.0 Å². The molecule has 176 valence electrons. The van der Waals surface area contributed by atoms with Crippen molar-refractivity contribution in [3.8, 4) is 5.75 Å². The zero-order valence-electron chi connectivity index (χ0n) is 19.7. The fraction of sp³-hybridized carbons (Fsp3) is 0.214. The van der Waals surface area contributed by atoms with Crippen molar-refractivity contribution in [3.63, 3.8) is 0 Å². The quantitative estimate of drug-likeness (QED) is 0.452. The van der Waals surface area contributed by atoms with Crippen LogP contribution in [0.4, 0.5) is 23.0 Å². The zero-order valence-corrected chi connectivity index (χ0v) is 19.7. The third kappa shape index (κ3) is 4.38. The first-order valence-electron chi connectivity index (χ1n) is 12.0. The van der Waals surface area contributed by atoms with Gasteiger partial charge < -0.3 is 20.0 Å². The number of anilines is 4. The molecule has 7 nitrogen and oxygen atoms in total. The highest BCUT2D eigenvalue weighted by Gasteiger charge is 2.35.